The minimum atomic E-state index is -0.107. The molecular weight excluding hydrogens is 264 g/mol. The van der Waals surface area contributed by atoms with Crippen molar-refractivity contribution in [2.24, 2.45) is 0 Å². The molecule has 3 rings (SSSR count). The summed E-state index contributed by atoms with van der Waals surface area (Å²) < 4.78 is 11.6. The van der Waals surface area contributed by atoms with Gasteiger partial charge in [0.05, 0.1) is 12.2 Å². The molecule has 0 spiro atoms. The summed E-state index contributed by atoms with van der Waals surface area (Å²) in [5.74, 6) is 2.59. The summed E-state index contributed by atoms with van der Waals surface area (Å²) in [7, 11) is 0. The zero-order chi connectivity index (χ0) is 15.0. The third-order valence-electron chi connectivity index (χ3n) is 3.78. The average Bonchev–Trinajstić information content (AvgIpc) is 2.97. The quantitative estimate of drug-likeness (QED) is 0.933. The first-order chi connectivity index (χ1) is 9.94. The van der Waals surface area contributed by atoms with E-state index in [4.69, 9.17) is 9.15 Å². The van der Waals surface area contributed by atoms with Crippen molar-refractivity contribution in [1.82, 2.24) is 10.3 Å². The number of oxazole rings is 1. The van der Waals surface area contributed by atoms with E-state index in [-0.39, 0.29) is 11.6 Å². The van der Waals surface area contributed by atoms with E-state index < -0.39 is 0 Å². The Hall–Kier alpha value is -1.81. The number of para-hydroxylation sites is 1. The summed E-state index contributed by atoms with van der Waals surface area (Å²) in [5, 5.41) is 3.45. The van der Waals surface area contributed by atoms with Gasteiger partial charge >= 0.3 is 0 Å². The van der Waals surface area contributed by atoms with Crippen LogP contribution in [0.4, 0.5) is 0 Å². The second kappa shape index (κ2) is 5.19. The molecule has 1 atom stereocenters. The van der Waals surface area contributed by atoms with Crippen LogP contribution in [0, 0.1) is 6.92 Å². The number of hydrogen-bond acceptors (Lipinski definition) is 4. The van der Waals surface area contributed by atoms with E-state index in [2.05, 4.69) is 49.3 Å². The Morgan fingerprint density at radius 2 is 2.19 bits per heavy atom. The molecule has 0 aliphatic carbocycles. The molecule has 1 aliphatic rings. The van der Waals surface area contributed by atoms with Gasteiger partial charge in [-0.2, -0.15) is 0 Å². The van der Waals surface area contributed by atoms with Crippen LogP contribution in [0.15, 0.2) is 28.8 Å². The molecule has 0 saturated heterocycles. The van der Waals surface area contributed by atoms with E-state index in [9.17, 15) is 0 Å². The molecule has 112 valence electrons. The molecule has 4 heteroatoms. The molecule has 1 aliphatic heterocycles. The number of aryl methyl sites for hydroxylation is 1. The number of nitrogens with zero attached hydrogens (tertiary/aromatic N) is 1. The first-order valence-electron chi connectivity index (χ1n) is 7.40. The monoisotopic (exact) mass is 286 g/mol. The molecule has 0 radical (unpaired) electrons. The highest BCUT2D eigenvalue weighted by Gasteiger charge is 2.31. The molecule has 0 saturated carbocycles. The molecule has 1 N–H and O–H groups in total. The van der Waals surface area contributed by atoms with Crippen molar-refractivity contribution in [2.45, 2.75) is 52.3 Å². The Bertz CT molecular complexity index is 646. The Kier molecular flexibility index (Phi) is 3.49. The van der Waals surface area contributed by atoms with Gasteiger partial charge in [0.2, 0.25) is 5.89 Å². The molecule has 0 fully saturated rings. The van der Waals surface area contributed by atoms with Crippen LogP contribution in [-0.2, 0) is 13.0 Å². The zero-order valence-corrected chi connectivity index (χ0v) is 13.1. The van der Waals surface area contributed by atoms with Crippen LogP contribution in [0.1, 0.15) is 49.6 Å². The molecule has 1 aromatic heterocycles. The number of rotatable bonds is 4. The topological polar surface area (TPSA) is 47.3 Å². The number of hydrogen-bond donors (Lipinski definition) is 1. The lowest BCUT2D eigenvalue weighted by Crippen LogP contribution is -2.25. The van der Waals surface area contributed by atoms with Crippen molar-refractivity contribution in [3.8, 4) is 5.75 Å². The zero-order valence-electron chi connectivity index (χ0n) is 13.1. The van der Waals surface area contributed by atoms with Crippen LogP contribution in [0.5, 0.6) is 5.75 Å². The Morgan fingerprint density at radius 1 is 1.38 bits per heavy atom. The van der Waals surface area contributed by atoms with Crippen LogP contribution < -0.4 is 10.1 Å². The summed E-state index contributed by atoms with van der Waals surface area (Å²) in [5.41, 5.74) is 2.37. The molecular formula is C17H22N2O2. The summed E-state index contributed by atoms with van der Waals surface area (Å²) in [6.07, 6.45) is 2.71. The molecule has 0 bridgehead atoms. The highest BCUT2D eigenvalue weighted by Crippen LogP contribution is 2.37. The van der Waals surface area contributed by atoms with Crippen LogP contribution in [0.3, 0.4) is 0 Å². The standard InChI is InChI=1S/C17H22N2O2/c1-11-9-19-16(20-11)12(2)18-10-14-7-5-6-13-8-17(3,4)21-15(13)14/h5-7,9,12,18H,8,10H2,1-4H3. The van der Waals surface area contributed by atoms with Crippen molar-refractivity contribution < 1.29 is 9.15 Å². The highest BCUT2D eigenvalue weighted by molar-refractivity contribution is 5.45. The van der Waals surface area contributed by atoms with E-state index in [1.165, 1.54) is 11.1 Å². The SMILES string of the molecule is Cc1cnc(C(C)NCc2cccc3c2OC(C)(C)C3)o1. The van der Waals surface area contributed by atoms with Crippen LogP contribution in [0.25, 0.3) is 0 Å². The number of fused-ring (bicyclic) bond motifs is 1. The third-order valence-corrected chi connectivity index (χ3v) is 3.78. The normalized spacial score (nSPS) is 17.3. The van der Waals surface area contributed by atoms with Crippen molar-refractivity contribution in [1.29, 1.82) is 0 Å². The van der Waals surface area contributed by atoms with Crippen molar-refractivity contribution in [2.75, 3.05) is 0 Å². The molecule has 4 nitrogen and oxygen atoms in total. The van der Waals surface area contributed by atoms with Gasteiger partial charge in [0.25, 0.3) is 0 Å². The van der Waals surface area contributed by atoms with Crippen LogP contribution in [0.2, 0.25) is 0 Å². The largest absolute Gasteiger partial charge is 0.487 e. The first kappa shape index (κ1) is 14.1. The fourth-order valence-corrected chi connectivity index (χ4v) is 2.74. The predicted molar refractivity (Wildman–Crippen MR) is 81.3 cm³/mol. The molecule has 2 aromatic rings. The Balaban J connectivity index is 1.71. The number of benzene rings is 1. The summed E-state index contributed by atoms with van der Waals surface area (Å²) >= 11 is 0. The smallest absolute Gasteiger partial charge is 0.211 e. The van der Waals surface area contributed by atoms with Gasteiger partial charge in [0.1, 0.15) is 17.1 Å². The highest BCUT2D eigenvalue weighted by atomic mass is 16.5. The van der Waals surface area contributed by atoms with Gasteiger partial charge in [-0.15, -0.1) is 0 Å². The summed E-state index contributed by atoms with van der Waals surface area (Å²) in [6.45, 7) is 8.95. The van der Waals surface area contributed by atoms with Gasteiger partial charge in [-0.3, -0.25) is 0 Å². The Morgan fingerprint density at radius 3 is 2.90 bits per heavy atom. The van der Waals surface area contributed by atoms with Crippen molar-refractivity contribution in [3.05, 3.63) is 47.2 Å². The lowest BCUT2D eigenvalue weighted by molar-refractivity contribution is 0.137. The van der Waals surface area contributed by atoms with Gasteiger partial charge < -0.3 is 14.5 Å². The summed E-state index contributed by atoms with van der Waals surface area (Å²) in [4.78, 5) is 4.26. The number of nitrogens with one attached hydrogen (secondary N) is 1. The van der Waals surface area contributed by atoms with E-state index in [1.807, 2.05) is 6.92 Å². The second-order valence-electron chi connectivity index (χ2n) is 6.36. The number of ether oxygens (including phenoxy) is 1. The average molecular weight is 286 g/mol. The fraction of sp³-hybridized carbons (Fsp3) is 0.471. The van der Waals surface area contributed by atoms with Crippen LogP contribution >= 0.6 is 0 Å². The maximum Gasteiger partial charge on any atom is 0.211 e. The predicted octanol–water partition coefficient (Wildman–Crippen LogP) is 3.55. The van der Waals surface area contributed by atoms with Gasteiger partial charge in [0, 0.05) is 18.5 Å². The number of aromatic nitrogens is 1. The summed E-state index contributed by atoms with van der Waals surface area (Å²) in [6, 6.07) is 6.43. The second-order valence-corrected chi connectivity index (χ2v) is 6.36. The minimum absolute atomic E-state index is 0.0731. The van der Waals surface area contributed by atoms with Gasteiger partial charge in [-0.25, -0.2) is 4.98 Å². The van der Waals surface area contributed by atoms with Gasteiger partial charge in [-0.05, 0) is 33.3 Å². The van der Waals surface area contributed by atoms with Gasteiger partial charge in [-0.1, -0.05) is 18.2 Å². The molecule has 0 amide bonds. The lowest BCUT2D eigenvalue weighted by Gasteiger charge is -2.19. The molecule has 1 aromatic carbocycles. The van der Waals surface area contributed by atoms with Gasteiger partial charge in [0.15, 0.2) is 0 Å². The van der Waals surface area contributed by atoms with Crippen molar-refractivity contribution in [3.63, 3.8) is 0 Å². The maximum absolute atomic E-state index is 6.09. The third kappa shape index (κ3) is 2.95. The fourth-order valence-electron chi connectivity index (χ4n) is 2.74. The Labute approximate surface area is 125 Å². The lowest BCUT2D eigenvalue weighted by atomic mass is 10.0. The maximum atomic E-state index is 6.09. The molecule has 2 heterocycles. The molecule has 21 heavy (non-hydrogen) atoms. The van der Waals surface area contributed by atoms with E-state index in [0.717, 1.165) is 30.4 Å². The van der Waals surface area contributed by atoms with E-state index in [1.54, 1.807) is 6.20 Å². The molecule has 1 unspecified atom stereocenters. The van der Waals surface area contributed by atoms with Crippen molar-refractivity contribution >= 4 is 0 Å². The van der Waals surface area contributed by atoms with Crippen LogP contribution in [-0.4, -0.2) is 10.6 Å². The van der Waals surface area contributed by atoms with E-state index in [0.29, 0.717) is 0 Å². The first-order valence-corrected chi connectivity index (χ1v) is 7.40. The minimum Gasteiger partial charge on any atom is -0.487 e. The van der Waals surface area contributed by atoms with E-state index >= 15 is 0 Å².